The van der Waals surface area contributed by atoms with E-state index >= 15 is 0 Å². The van der Waals surface area contributed by atoms with Gasteiger partial charge in [0.25, 0.3) is 5.69 Å². The monoisotopic (exact) mass is 240 g/mol. The van der Waals surface area contributed by atoms with E-state index in [1.807, 2.05) is 20.8 Å². The number of nitrogens with zero attached hydrogens (tertiary/aromatic N) is 1. The lowest BCUT2D eigenvalue weighted by molar-refractivity contribution is -0.384. The second-order valence-corrected chi connectivity index (χ2v) is 4.79. The van der Waals surface area contributed by atoms with Gasteiger partial charge in [-0.2, -0.15) is 0 Å². The molecule has 0 atom stereocenters. The van der Waals surface area contributed by atoms with Gasteiger partial charge < -0.3 is 5.32 Å². The minimum absolute atomic E-state index is 0.0141. The zero-order valence-electron chi connectivity index (χ0n) is 10.3. The van der Waals surface area contributed by atoms with E-state index in [1.165, 1.54) is 6.07 Å². The number of nitrogens with one attached hydrogen (secondary N) is 1. The maximum absolute atomic E-state index is 13.0. The first kappa shape index (κ1) is 13.4. The van der Waals surface area contributed by atoms with Crippen LogP contribution in [0.5, 0.6) is 0 Å². The minimum Gasteiger partial charge on any atom is -0.379 e. The molecule has 0 aliphatic rings. The Morgan fingerprint density at radius 1 is 1.47 bits per heavy atom. The highest BCUT2D eigenvalue weighted by atomic mass is 19.1. The molecule has 0 fully saturated rings. The van der Waals surface area contributed by atoms with Crippen LogP contribution in [0.25, 0.3) is 0 Å². The van der Waals surface area contributed by atoms with Gasteiger partial charge in [0.1, 0.15) is 11.5 Å². The average Bonchev–Trinajstić information content (AvgIpc) is 2.26. The van der Waals surface area contributed by atoms with Crippen molar-refractivity contribution in [3.63, 3.8) is 0 Å². The topological polar surface area (TPSA) is 55.2 Å². The van der Waals surface area contributed by atoms with Crippen molar-refractivity contribution >= 4 is 11.4 Å². The lowest BCUT2D eigenvalue weighted by Gasteiger charge is -2.23. The Morgan fingerprint density at radius 2 is 2.12 bits per heavy atom. The van der Waals surface area contributed by atoms with Crippen LogP contribution in [0.15, 0.2) is 18.2 Å². The molecule has 94 valence electrons. The standard InChI is InChI=1S/C12H17FN2O2/c1-4-12(2,3)8-14-10-7-9(13)5-6-11(10)15(16)17/h5-7,14H,4,8H2,1-3H3. The molecule has 0 saturated heterocycles. The molecule has 4 nitrogen and oxygen atoms in total. The summed E-state index contributed by atoms with van der Waals surface area (Å²) in [6.07, 6.45) is 0.934. The zero-order valence-corrected chi connectivity index (χ0v) is 10.3. The summed E-state index contributed by atoms with van der Waals surface area (Å²) in [7, 11) is 0. The van der Waals surface area contributed by atoms with E-state index in [9.17, 15) is 14.5 Å². The third kappa shape index (κ3) is 3.69. The van der Waals surface area contributed by atoms with Crippen LogP contribution in [0.3, 0.4) is 0 Å². The molecule has 0 saturated carbocycles. The number of halogens is 1. The molecule has 5 heteroatoms. The number of nitro groups is 1. The molecule has 0 amide bonds. The summed E-state index contributed by atoms with van der Waals surface area (Å²) in [4.78, 5) is 10.3. The van der Waals surface area contributed by atoms with Crippen molar-refractivity contribution in [3.8, 4) is 0 Å². The molecule has 0 bridgehead atoms. The first-order valence-corrected chi connectivity index (χ1v) is 5.53. The molecule has 1 aromatic rings. The number of rotatable bonds is 5. The molecular weight excluding hydrogens is 223 g/mol. The van der Waals surface area contributed by atoms with Gasteiger partial charge in [0.15, 0.2) is 0 Å². The van der Waals surface area contributed by atoms with Gasteiger partial charge in [-0.3, -0.25) is 10.1 Å². The Labute approximate surface area is 100.0 Å². The van der Waals surface area contributed by atoms with Crippen LogP contribution in [0, 0.1) is 21.3 Å². The number of hydrogen-bond acceptors (Lipinski definition) is 3. The van der Waals surface area contributed by atoms with E-state index in [1.54, 1.807) is 0 Å². The molecule has 0 unspecified atom stereocenters. The fourth-order valence-corrected chi connectivity index (χ4v) is 1.27. The van der Waals surface area contributed by atoms with E-state index in [-0.39, 0.29) is 16.8 Å². The van der Waals surface area contributed by atoms with Gasteiger partial charge in [-0.1, -0.05) is 20.8 Å². The summed E-state index contributed by atoms with van der Waals surface area (Å²) in [5.74, 6) is -0.479. The summed E-state index contributed by atoms with van der Waals surface area (Å²) >= 11 is 0. The fourth-order valence-electron chi connectivity index (χ4n) is 1.27. The zero-order chi connectivity index (χ0) is 13.1. The lowest BCUT2D eigenvalue weighted by atomic mass is 9.90. The molecule has 1 N–H and O–H groups in total. The van der Waals surface area contributed by atoms with Gasteiger partial charge in [0, 0.05) is 18.7 Å². The van der Waals surface area contributed by atoms with Gasteiger partial charge in [0.05, 0.1) is 4.92 Å². The Kier molecular flexibility index (Phi) is 4.04. The van der Waals surface area contributed by atoms with Crippen molar-refractivity contribution in [2.45, 2.75) is 27.2 Å². The largest absolute Gasteiger partial charge is 0.379 e. The van der Waals surface area contributed by atoms with E-state index in [0.717, 1.165) is 18.6 Å². The molecular formula is C12H17FN2O2. The summed E-state index contributed by atoms with van der Waals surface area (Å²) < 4.78 is 13.0. The molecule has 0 aromatic heterocycles. The van der Waals surface area contributed by atoms with Crippen molar-refractivity contribution in [1.29, 1.82) is 0 Å². The first-order valence-electron chi connectivity index (χ1n) is 5.53. The van der Waals surface area contributed by atoms with Crippen LogP contribution >= 0.6 is 0 Å². The molecule has 17 heavy (non-hydrogen) atoms. The van der Waals surface area contributed by atoms with Gasteiger partial charge in [0.2, 0.25) is 0 Å². The van der Waals surface area contributed by atoms with Gasteiger partial charge >= 0.3 is 0 Å². The molecule has 1 aromatic carbocycles. The number of nitro benzene ring substituents is 1. The van der Waals surface area contributed by atoms with Crippen LogP contribution in [0.4, 0.5) is 15.8 Å². The Balaban J connectivity index is 2.89. The minimum atomic E-state index is -0.513. The highest BCUT2D eigenvalue weighted by molar-refractivity contribution is 5.61. The second kappa shape index (κ2) is 5.12. The van der Waals surface area contributed by atoms with Crippen molar-refractivity contribution in [1.82, 2.24) is 0 Å². The maximum atomic E-state index is 13.0. The van der Waals surface area contributed by atoms with Crippen LogP contribution in [-0.4, -0.2) is 11.5 Å². The second-order valence-electron chi connectivity index (χ2n) is 4.79. The summed E-state index contributed by atoms with van der Waals surface area (Å²) in [5.41, 5.74) is 0.148. The summed E-state index contributed by atoms with van der Waals surface area (Å²) in [5, 5.41) is 13.7. The van der Waals surface area contributed by atoms with Gasteiger partial charge in [-0.05, 0) is 17.9 Å². The van der Waals surface area contributed by atoms with Crippen LogP contribution < -0.4 is 5.32 Å². The van der Waals surface area contributed by atoms with Crippen LogP contribution in [-0.2, 0) is 0 Å². The Bertz CT molecular complexity index is 419. The average molecular weight is 240 g/mol. The maximum Gasteiger partial charge on any atom is 0.292 e. The molecule has 1 rings (SSSR count). The molecule has 0 spiro atoms. The van der Waals surface area contributed by atoms with E-state index in [0.29, 0.717) is 6.54 Å². The number of benzene rings is 1. The van der Waals surface area contributed by atoms with E-state index in [4.69, 9.17) is 0 Å². The van der Waals surface area contributed by atoms with E-state index < -0.39 is 10.7 Å². The van der Waals surface area contributed by atoms with E-state index in [2.05, 4.69) is 5.32 Å². The van der Waals surface area contributed by atoms with Crippen LogP contribution in [0.2, 0.25) is 0 Å². The number of anilines is 1. The smallest absolute Gasteiger partial charge is 0.292 e. The van der Waals surface area contributed by atoms with Crippen LogP contribution in [0.1, 0.15) is 27.2 Å². The highest BCUT2D eigenvalue weighted by Gasteiger charge is 2.19. The molecule has 0 heterocycles. The first-order chi connectivity index (χ1) is 7.85. The third-order valence-electron chi connectivity index (χ3n) is 2.87. The van der Waals surface area contributed by atoms with Crippen molar-refractivity contribution in [2.75, 3.05) is 11.9 Å². The van der Waals surface area contributed by atoms with Crippen molar-refractivity contribution in [2.24, 2.45) is 5.41 Å². The molecule has 0 aliphatic heterocycles. The molecule has 0 aliphatic carbocycles. The Morgan fingerprint density at radius 3 is 2.65 bits per heavy atom. The third-order valence-corrected chi connectivity index (χ3v) is 2.87. The van der Waals surface area contributed by atoms with Crippen molar-refractivity contribution in [3.05, 3.63) is 34.1 Å². The predicted octanol–water partition coefficient (Wildman–Crippen LogP) is 3.58. The summed E-state index contributed by atoms with van der Waals surface area (Å²) in [6.45, 7) is 6.70. The predicted molar refractivity (Wildman–Crippen MR) is 65.6 cm³/mol. The normalized spacial score (nSPS) is 11.3. The van der Waals surface area contributed by atoms with Gasteiger partial charge in [-0.15, -0.1) is 0 Å². The highest BCUT2D eigenvalue weighted by Crippen LogP contribution is 2.27. The van der Waals surface area contributed by atoms with Gasteiger partial charge in [-0.25, -0.2) is 4.39 Å². The fraction of sp³-hybridized carbons (Fsp3) is 0.500. The summed E-state index contributed by atoms with van der Waals surface area (Å²) in [6, 6.07) is 3.43. The molecule has 0 radical (unpaired) electrons. The lowest BCUT2D eigenvalue weighted by Crippen LogP contribution is -2.22. The quantitative estimate of drug-likeness (QED) is 0.632. The number of hydrogen-bond donors (Lipinski definition) is 1. The Hall–Kier alpha value is -1.65. The van der Waals surface area contributed by atoms with Crippen molar-refractivity contribution < 1.29 is 9.31 Å². The SMILES string of the molecule is CCC(C)(C)CNc1cc(F)ccc1[N+](=O)[O-].